The predicted octanol–water partition coefficient (Wildman–Crippen LogP) is 2.37. The highest BCUT2D eigenvalue weighted by molar-refractivity contribution is 5.90. The number of benzene rings is 2. The van der Waals surface area contributed by atoms with Crippen LogP contribution in [0.5, 0.6) is 0 Å². The largest absolute Gasteiger partial charge is 0.383 e. The molecular formula is C21H22FN3O3. The van der Waals surface area contributed by atoms with Crippen LogP contribution in [0.25, 0.3) is 0 Å². The molecule has 2 fully saturated rings. The summed E-state index contributed by atoms with van der Waals surface area (Å²) in [4.78, 5) is 28.3. The van der Waals surface area contributed by atoms with Gasteiger partial charge in [-0.15, -0.1) is 0 Å². The molecule has 0 radical (unpaired) electrons. The summed E-state index contributed by atoms with van der Waals surface area (Å²) in [6.07, 6.45) is -1.11. The molecule has 0 bridgehead atoms. The number of anilines is 1. The molecule has 2 aromatic carbocycles. The number of fused-ring (bicyclic) bond motifs is 1. The van der Waals surface area contributed by atoms with Crippen molar-refractivity contribution in [2.75, 3.05) is 18.4 Å². The first-order valence-electron chi connectivity index (χ1n) is 9.28. The highest BCUT2D eigenvalue weighted by atomic mass is 19.1. The summed E-state index contributed by atoms with van der Waals surface area (Å²) >= 11 is 0. The maximum Gasteiger partial charge on any atom is 0.321 e. The predicted molar refractivity (Wildman–Crippen MR) is 102 cm³/mol. The standard InChI is InChI=1S/C21H22FN3O3/c1-13-7-8-15(9-17(13)22)23-21(28)24-11-16-18(12-24)25(20(27)19(16)26)10-14-5-3-2-4-6-14/h2-9,16,18-19,26H,10-12H2,1H3,(H,23,28)/t16-,18+,19-/m0/s1. The lowest BCUT2D eigenvalue weighted by Gasteiger charge is -2.25. The molecule has 0 aliphatic carbocycles. The number of rotatable bonds is 3. The number of likely N-dealkylation sites (tertiary alicyclic amines) is 2. The van der Waals surface area contributed by atoms with Gasteiger partial charge in [-0.1, -0.05) is 36.4 Å². The van der Waals surface area contributed by atoms with Gasteiger partial charge in [-0.25, -0.2) is 9.18 Å². The minimum absolute atomic E-state index is 0.233. The maximum atomic E-state index is 13.7. The molecule has 3 atom stereocenters. The van der Waals surface area contributed by atoms with Crippen molar-refractivity contribution in [3.05, 3.63) is 65.5 Å². The minimum atomic E-state index is -1.11. The smallest absolute Gasteiger partial charge is 0.321 e. The molecule has 146 valence electrons. The van der Waals surface area contributed by atoms with Crippen LogP contribution in [0.1, 0.15) is 11.1 Å². The quantitative estimate of drug-likeness (QED) is 0.855. The van der Waals surface area contributed by atoms with Crippen LogP contribution in [-0.4, -0.2) is 52.1 Å². The normalized spacial score (nSPS) is 23.8. The van der Waals surface area contributed by atoms with Crippen LogP contribution < -0.4 is 5.32 Å². The SMILES string of the molecule is Cc1ccc(NC(=O)N2C[C@@H]3[C@H](O)C(=O)N(Cc4ccccc4)[C@@H]3C2)cc1F. The first-order chi connectivity index (χ1) is 13.4. The monoisotopic (exact) mass is 383 g/mol. The van der Waals surface area contributed by atoms with Crippen LogP contribution in [0.15, 0.2) is 48.5 Å². The molecule has 4 rings (SSSR count). The van der Waals surface area contributed by atoms with E-state index in [0.29, 0.717) is 24.3 Å². The second-order valence-corrected chi connectivity index (χ2v) is 7.43. The van der Waals surface area contributed by atoms with Gasteiger partial charge in [0.1, 0.15) is 11.9 Å². The zero-order valence-corrected chi connectivity index (χ0v) is 15.5. The van der Waals surface area contributed by atoms with Crippen LogP contribution in [0.4, 0.5) is 14.9 Å². The fourth-order valence-corrected chi connectivity index (χ4v) is 3.98. The van der Waals surface area contributed by atoms with Gasteiger partial charge in [-0.05, 0) is 30.2 Å². The van der Waals surface area contributed by atoms with Crippen LogP contribution >= 0.6 is 0 Å². The summed E-state index contributed by atoms with van der Waals surface area (Å²) < 4.78 is 13.7. The van der Waals surface area contributed by atoms with Crippen molar-refractivity contribution < 1.29 is 19.1 Å². The van der Waals surface area contributed by atoms with Crippen LogP contribution in [-0.2, 0) is 11.3 Å². The summed E-state index contributed by atoms with van der Waals surface area (Å²) in [6, 6.07) is 13.5. The molecule has 2 N–H and O–H groups in total. The summed E-state index contributed by atoms with van der Waals surface area (Å²) in [5, 5.41) is 13.1. The van der Waals surface area contributed by atoms with Gasteiger partial charge in [0.25, 0.3) is 5.91 Å². The van der Waals surface area contributed by atoms with Crippen LogP contribution in [0.2, 0.25) is 0 Å². The van der Waals surface area contributed by atoms with E-state index in [9.17, 15) is 19.1 Å². The van der Waals surface area contributed by atoms with Gasteiger partial charge in [-0.2, -0.15) is 0 Å². The second kappa shape index (κ2) is 7.24. The van der Waals surface area contributed by atoms with Gasteiger partial charge in [0.05, 0.1) is 6.04 Å². The van der Waals surface area contributed by atoms with Gasteiger partial charge in [0.2, 0.25) is 0 Å². The zero-order valence-electron chi connectivity index (χ0n) is 15.5. The van der Waals surface area contributed by atoms with Gasteiger partial charge in [0, 0.05) is 31.2 Å². The van der Waals surface area contributed by atoms with E-state index in [4.69, 9.17) is 0 Å². The van der Waals surface area contributed by atoms with Crippen molar-refractivity contribution in [2.24, 2.45) is 5.92 Å². The Morgan fingerprint density at radius 2 is 1.96 bits per heavy atom. The summed E-state index contributed by atoms with van der Waals surface area (Å²) in [6.45, 7) is 2.67. The Labute approximate surface area is 162 Å². The topological polar surface area (TPSA) is 72.9 Å². The number of urea groups is 1. The molecule has 2 aliphatic rings. The number of hydrogen-bond acceptors (Lipinski definition) is 3. The minimum Gasteiger partial charge on any atom is -0.383 e. The maximum absolute atomic E-state index is 13.7. The van der Waals surface area contributed by atoms with Gasteiger partial charge >= 0.3 is 6.03 Å². The molecule has 0 aromatic heterocycles. The number of aryl methyl sites for hydroxylation is 1. The lowest BCUT2D eigenvalue weighted by molar-refractivity contribution is -0.136. The van der Waals surface area contributed by atoms with E-state index in [2.05, 4.69) is 5.32 Å². The van der Waals surface area contributed by atoms with E-state index in [0.717, 1.165) is 5.56 Å². The Morgan fingerprint density at radius 3 is 2.68 bits per heavy atom. The molecule has 0 unspecified atom stereocenters. The average Bonchev–Trinajstić information content (AvgIpc) is 3.21. The van der Waals surface area contributed by atoms with Gasteiger partial charge < -0.3 is 20.2 Å². The van der Waals surface area contributed by atoms with E-state index < -0.39 is 6.10 Å². The van der Waals surface area contributed by atoms with Crippen molar-refractivity contribution in [3.8, 4) is 0 Å². The fourth-order valence-electron chi connectivity index (χ4n) is 3.98. The number of aliphatic hydroxyl groups is 1. The van der Waals surface area contributed by atoms with E-state index in [1.54, 1.807) is 28.9 Å². The third-order valence-corrected chi connectivity index (χ3v) is 5.58. The number of aliphatic hydroxyl groups excluding tert-OH is 1. The zero-order chi connectivity index (χ0) is 19.8. The first kappa shape index (κ1) is 18.4. The lowest BCUT2D eigenvalue weighted by Crippen LogP contribution is -2.41. The Kier molecular flexibility index (Phi) is 4.77. The number of hydrogen-bond donors (Lipinski definition) is 2. The van der Waals surface area contributed by atoms with Gasteiger partial charge in [-0.3, -0.25) is 4.79 Å². The molecule has 0 spiro atoms. The molecule has 2 aromatic rings. The molecule has 3 amide bonds. The number of carbonyl (C=O) groups is 2. The highest BCUT2D eigenvalue weighted by Gasteiger charge is 2.52. The van der Waals surface area contributed by atoms with Gasteiger partial charge in [0.15, 0.2) is 0 Å². The van der Waals surface area contributed by atoms with Crippen LogP contribution in [0, 0.1) is 18.7 Å². The van der Waals surface area contributed by atoms with E-state index in [1.807, 2.05) is 30.3 Å². The second-order valence-electron chi connectivity index (χ2n) is 7.43. The van der Waals surface area contributed by atoms with Crippen molar-refractivity contribution in [3.63, 3.8) is 0 Å². The van der Waals surface area contributed by atoms with E-state index in [-0.39, 0.29) is 36.3 Å². The summed E-state index contributed by atoms with van der Waals surface area (Å²) in [5.41, 5.74) is 1.86. The molecule has 7 heteroatoms. The lowest BCUT2D eigenvalue weighted by atomic mass is 10.0. The third-order valence-electron chi connectivity index (χ3n) is 5.58. The van der Waals surface area contributed by atoms with Crippen LogP contribution in [0.3, 0.4) is 0 Å². The summed E-state index contributed by atoms with van der Waals surface area (Å²) in [5.74, 6) is -0.998. The van der Waals surface area contributed by atoms with Crippen molar-refractivity contribution in [1.82, 2.24) is 9.80 Å². The Balaban J connectivity index is 1.46. The third kappa shape index (κ3) is 3.33. The fraction of sp³-hybridized carbons (Fsp3) is 0.333. The number of nitrogens with zero attached hydrogens (tertiary/aromatic N) is 2. The molecule has 6 nitrogen and oxygen atoms in total. The van der Waals surface area contributed by atoms with E-state index >= 15 is 0 Å². The highest BCUT2D eigenvalue weighted by Crippen LogP contribution is 2.34. The Hall–Kier alpha value is -2.93. The van der Waals surface area contributed by atoms with Crippen molar-refractivity contribution in [2.45, 2.75) is 25.6 Å². The number of halogens is 1. The van der Waals surface area contributed by atoms with Crippen molar-refractivity contribution >= 4 is 17.6 Å². The Morgan fingerprint density at radius 1 is 1.21 bits per heavy atom. The molecule has 2 heterocycles. The number of nitrogens with one attached hydrogen (secondary N) is 1. The first-order valence-corrected chi connectivity index (χ1v) is 9.28. The van der Waals surface area contributed by atoms with E-state index in [1.165, 1.54) is 6.07 Å². The van der Waals surface area contributed by atoms with Crippen molar-refractivity contribution in [1.29, 1.82) is 0 Å². The Bertz CT molecular complexity index is 905. The number of amides is 3. The molecule has 2 saturated heterocycles. The molecular weight excluding hydrogens is 361 g/mol. The summed E-state index contributed by atoms with van der Waals surface area (Å²) in [7, 11) is 0. The average molecular weight is 383 g/mol. The molecule has 0 saturated carbocycles. The molecule has 28 heavy (non-hydrogen) atoms. The number of carbonyl (C=O) groups excluding carboxylic acids is 2. The molecule has 2 aliphatic heterocycles.